The van der Waals surface area contributed by atoms with E-state index in [1.165, 1.54) is 0 Å². The zero-order chi connectivity index (χ0) is 22.3. The number of ether oxygens (including phenoxy) is 2. The normalized spacial score (nSPS) is 10.5. The third-order valence-electron chi connectivity index (χ3n) is 4.97. The second-order valence-corrected chi connectivity index (χ2v) is 7.19. The van der Waals surface area contributed by atoms with Crippen molar-refractivity contribution < 1.29 is 19.1 Å². The quantitative estimate of drug-likeness (QED) is 0.386. The molecule has 0 heterocycles. The summed E-state index contributed by atoms with van der Waals surface area (Å²) >= 11 is 0. The first-order valence-electron chi connectivity index (χ1n) is 10.4. The fraction of sp³-hybridized carbons (Fsp3) is 0.111. The predicted octanol–water partition coefficient (Wildman–Crippen LogP) is 5.70. The number of esters is 1. The smallest absolute Gasteiger partial charge is 0.344 e. The van der Waals surface area contributed by atoms with Gasteiger partial charge in [0.1, 0.15) is 5.75 Å². The molecule has 4 aromatic rings. The van der Waals surface area contributed by atoms with E-state index in [2.05, 4.69) is 11.4 Å². The van der Waals surface area contributed by atoms with Crippen LogP contribution in [0.25, 0.3) is 21.9 Å². The Morgan fingerprint density at radius 1 is 0.812 bits per heavy atom. The van der Waals surface area contributed by atoms with Crippen LogP contribution in [-0.4, -0.2) is 25.1 Å². The topological polar surface area (TPSA) is 64.6 Å². The zero-order valence-electron chi connectivity index (χ0n) is 17.7. The molecule has 160 valence electrons. The molecule has 0 unspecified atom stereocenters. The van der Waals surface area contributed by atoms with Crippen LogP contribution in [0.15, 0.2) is 91.0 Å². The Morgan fingerprint density at radius 2 is 1.59 bits per heavy atom. The lowest BCUT2D eigenvalue weighted by molar-refractivity contribution is -0.145. The molecule has 0 aliphatic rings. The standard InChI is InChI=1S/C27H23NO4/c1-2-31-26(29)18-32-23-13-8-12-22(17-23)28-27(30)25-16-21(19-9-4-3-5-10-19)15-20-11-6-7-14-24(20)25/h3-17H,2,18H2,1H3,(H,28,30). The molecule has 5 heteroatoms. The Hall–Kier alpha value is -4.12. The number of anilines is 1. The molecule has 0 spiro atoms. The largest absolute Gasteiger partial charge is 0.482 e. The SMILES string of the molecule is CCOC(=O)COc1cccc(NC(=O)c2cc(-c3ccccc3)cc3ccccc23)c1. The van der Waals surface area contributed by atoms with E-state index in [4.69, 9.17) is 9.47 Å². The van der Waals surface area contributed by atoms with Crippen molar-refractivity contribution in [1.29, 1.82) is 0 Å². The monoisotopic (exact) mass is 425 g/mol. The summed E-state index contributed by atoms with van der Waals surface area (Å²) in [6.07, 6.45) is 0. The van der Waals surface area contributed by atoms with E-state index >= 15 is 0 Å². The van der Waals surface area contributed by atoms with Gasteiger partial charge in [0.15, 0.2) is 6.61 Å². The second kappa shape index (κ2) is 9.79. The molecule has 32 heavy (non-hydrogen) atoms. The maximum absolute atomic E-state index is 13.2. The highest BCUT2D eigenvalue weighted by atomic mass is 16.6. The van der Waals surface area contributed by atoms with Crippen LogP contribution in [0.1, 0.15) is 17.3 Å². The number of amides is 1. The Morgan fingerprint density at radius 3 is 2.41 bits per heavy atom. The molecule has 0 saturated carbocycles. The Labute approximate surface area is 186 Å². The van der Waals surface area contributed by atoms with E-state index in [1.807, 2.05) is 60.7 Å². The first-order valence-corrected chi connectivity index (χ1v) is 10.4. The van der Waals surface area contributed by atoms with Gasteiger partial charge in [0.2, 0.25) is 0 Å². The summed E-state index contributed by atoms with van der Waals surface area (Å²) in [7, 11) is 0. The average molecular weight is 425 g/mol. The third kappa shape index (κ3) is 4.95. The highest BCUT2D eigenvalue weighted by Crippen LogP contribution is 2.29. The summed E-state index contributed by atoms with van der Waals surface area (Å²) < 4.78 is 10.3. The highest BCUT2D eigenvalue weighted by molar-refractivity contribution is 6.14. The number of rotatable bonds is 7. The molecule has 0 aliphatic carbocycles. The first kappa shape index (κ1) is 21.1. The molecule has 0 radical (unpaired) electrons. The van der Waals surface area contributed by atoms with E-state index in [-0.39, 0.29) is 12.5 Å². The number of carbonyl (C=O) groups is 2. The number of nitrogens with one attached hydrogen (secondary N) is 1. The van der Waals surface area contributed by atoms with Gasteiger partial charge in [0, 0.05) is 17.3 Å². The number of fused-ring (bicyclic) bond motifs is 1. The van der Waals surface area contributed by atoms with Crippen molar-refractivity contribution in [3.05, 3.63) is 96.6 Å². The van der Waals surface area contributed by atoms with Crippen molar-refractivity contribution in [2.75, 3.05) is 18.5 Å². The summed E-state index contributed by atoms with van der Waals surface area (Å²) in [6, 6.07) is 28.7. The molecule has 4 aromatic carbocycles. The van der Waals surface area contributed by atoms with Crippen LogP contribution in [0.3, 0.4) is 0 Å². The van der Waals surface area contributed by atoms with Gasteiger partial charge >= 0.3 is 5.97 Å². The van der Waals surface area contributed by atoms with Gasteiger partial charge in [-0.25, -0.2) is 4.79 Å². The van der Waals surface area contributed by atoms with Crippen molar-refractivity contribution in [2.24, 2.45) is 0 Å². The van der Waals surface area contributed by atoms with Crippen LogP contribution in [0.5, 0.6) is 5.75 Å². The van der Waals surface area contributed by atoms with E-state index in [0.717, 1.165) is 21.9 Å². The van der Waals surface area contributed by atoms with Gasteiger partial charge in [-0.05, 0) is 53.1 Å². The van der Waals surface area contributed by atoms with Gasteiger partial charge in [-0.2, -0.15) is 0 Å². The van der Waals surface area contributed by atoms with E-state index < -0.39 is 5.97 Å². The van der Waals surface area contributed by atoms with Gasteiger partial charge in [0.05, 0.1) is 6.61 Å². The van der Waals surface area contributed by atoms with Crippen molar-refractivity contribution >= 4 is 28.3 Å². The van der Waals surface area contributed by atoms with E-state index in [9.17, 15) is 9.59 Å². The molecule has 0 atom stereocenters. The highest BCUT2D eigenvalue weighted by Gasteiger charge is 2.14. The Balaban J connectivity index is 1.60. The van der Waals surface area contributed by atoms with Crippen LogP contribution in [0, 0.1) is 0 Å². The summed E-state index contributed by atoms with van der Waals surface area (Å²) in [5.74, 6) is -0.189. The summed E-state index contributed by atoms with van der Waals surface area (Å²) in [5, 5.41) is 4.81. The van der Waals surface area contributed by atoms with E-state index in [1.54, 1.807) is 31.2 Å². The Bertz CT molecular complexity index is 1250. The third-order valence-corrected chi connectivity index (χ3v) is 4.97. The molecule has 0 aliphatic heterocycles. The summed E-state index contributed by atoms with van der Waals surface area (Å²) in [5.41, 5.74) is 3.17. The van der Waals surface area contributed by atoms with E-state index in [0.29, 0.717) is 23.6 Å². The minimum absolute atomic E-state index is 0.186. The lowest BCUT2D eigenvalue weighted by Crippen LogP contribution is -2.15. The lowest BCUT2D eigenvalue weighted by Gasteiger charge is -2.12. The van der Waals surface area contributed by atoms with Crippen molar-refractivity contribution in [3.63, 3.8) is 0 Å². The molecule has 1 N–H and O–H groups in total. The summed E-state index contributed by atoms with van der Waals surface area (Å²) in [6.45, 7) is 1.85. The molecule has 0 fully saturated rings. The zero-order valence-corrected chi connectivity index (χ0v) is 17.7. The van der Waals surface area contributed by atoms with Crippen LogP contribution in [0.4, 0.5) is 5.69 Å². The minimum Gasteiger partial charge on any atom is -0.482 e. The summed E-state index contributed by atoms with van der Waals surface area (Å²) in [4.78, 5) is 24.8. The predicted molar refractivity (Wildman–Crippen MR) is 126 cm³/mol. The molecule has 0 bridgehead atoms. The molecular weight excluding hydrogens is 402 g/mol. The van der Waals surface area contributed by atoms with Gasteiger partial charge in [-0.15, -0.1) is 0 Å². The maximum atomic E-state index is 13.2. The van der Waals surface area contributed by atoms with Crippen LogP contribution < -0.4 is 10.1 Å². The van der Waals surface area contributed by atoms with Crippen LogP contribution in [0.2, 0.25) is 0 Å². The molecule has 0 aromatic heterocycles. The Kier molecular flexibility index (Phi) is 6.46. The number of hydrogen-bond donors (Lipinski definition) is 1. The van der Waals surface area contributed by atoms with Gasteiger partial charge in [0.25, 0.3) is 5.91 Å². The van der Waals surface area contributed by atoms with Crippen LogP contribution in [-0.2, 0) is 9.53 Å². The number of hydrogen-bond acceptors (Lipinski definition) is 4. The molecule has 1 amide bonds. The maximum Gasteiger partial charge on any atom is 0.344 e. The fourth-order valence-corrected chi connectivity index (χ4v) is 3.50. The number of benzene rings is 4. The van der Waals surface area contributed by atoms with Crippen molar-refractivity contribution in [3.8, 4) is 16.9 Å². The molecular formula is C27H23NO4. The minimum atomic E-state index is -0.439. The van der Waals surface area contributed by atoms with Gasteiger partial charge in [-0.1, -0.05) is 60.7 Å². The lowest BCUT2D eigenvalue weighted by atomic mass is 9.96. The second-order valence-electron chi connectivity index (χ2n) is 7.19. The average Bonchev–Trinajstić information content (AvgIpc) is 2.83. The fourth-order valence-electron chi connectivity index (χ4n) is 3.50. The van der Waals surface area contributed by atoms with Gasteiger partial charge < -0.3 is 14.8 Å². The molecule has 4 rings (SSSR count). The van der Waals surface area contributed by atoms with Crippen LogP contribution >= 0.6 is 0 Å². The first-order chi connectivity index (χ1) is 15.6. The van der Waals surface area contributed by atoms with Crippen molar-refractivity contribution in [2.45, 2.75) is 6.92 Å². The van der Waals surface area contributed by atoms with Crippen molar-refractivity contribution in [1.82, 2.24) is 0 Å². The number of carbonyl (C=O) groups excluding carboxylic acids is 2. The molecule has 5 nitrogen and oxygen atoms in total. The molecule has 0 saturated heterocycles. The van der Waals surface area contributed by atoms with Gasteiger partial charge in [-0.3, -0.25) is 4.79 Å².